The largest absolute Gasteiger partial charge is 0.444 e. The molecular weight excluding hydrogens is 468 g/mol. The van der Waals surface area contributed by atoms with Crippen LogP contribution in [0.15, 0.2) is 29.0 Å². The molecule has 170 valence electrons. The Morgan fingerprint density at radius 2 is 1.97 bits per heavy atom. The quantitative estimate of drug-likeness (QED) is 0.503. The lowest BCUT2D eigenvalue weighted by atomic mass is 9.74. The zero-order valence-electron chi connectivity index (χ0n) is 19.3. The van der Waals surface area contributed by atoms with E-state index in [0.29, 0.717) is 19.0 Å². The highest BCUT2D eigenvalue weighted by Gasteiger charge is 2.47. The standard InChI is InChI=1S/C25H31BrN4O2/c1-16-5-7-19-21(16)22(28-15-27-19)30-14-25(18-13-17(26)6-8-20(18)30)9-11-29(12-10-25)23(31)32-24(2,3)4/h6,8,13,15-16H,5,7,9-12,14H2,1-4H3/t16-/m1/s1. The van der Waals surface area contributed by atoms with E-state index in [4.69, 9.17) is 9.72 Å². The number of anilines is 2. The van der Waals surface area contributed by atoms with Gasteiger partial charge in [0.25, 0.3) is 0 Å². The van der Waals surface area contributed by atoms with E-state index in [1.54, 1.807) is 6.33 Å². The van der Waals surface area contributed by atoms with Crippen LogP contribution in [-0.4, -0.2) is 46.2 Å². The van der Waals surface area contributed by atoms with Gasteiger partial charge in [0.05, 0.1) is 0 Å². The molecule has 0 bridgehead atoms. The summed E-state index contributed by atoms with van der Waals surface area (Å²) in [5.41, 5.74) is 4.62. The van der Waals surface area contributed by atoms with Crippen LogP contribution >= 0.6 is 15.9 Å². The number of hydrogen-bond acceptors (Lipinski definition) is 5. The normalized spacial score (nSPS) is 21.6. The summed E-state index contributed by atoms with van der Waals surface area (Å²) in [6.45, 7) is 10.3. The van der Waals surface area contributed by atoms with Gasteiger partial charge in [0.1, 0.15) is 17.7 Å². The number of carbonyl (C=O) groups excluding carboxylic acids is 1. The summed E-state index contributed by atoms with van der Waals surface area (Å²) in [4.78, 5) is 26.3. The van der Waals surface area contributed by atoms with Gasteiger partial charge in [0, 0.05) is 46.5 Å². The second-order valence-electron chi connectivity index (χ2n) is 10.5. The molecule has 1 amide bonds. The molecule has 6 nitrogen and oxygen atoms in total. The molecule has 5 rings (SSSR count). The van der Waals surface area contributed by atoms with Crippen molar-refractivity contribution in [3.63, 3.8) is 0 Å². The molecule has 1 aliphatic carbocycles. The van der Waals surface area contributed by atoms with E-state index in [-0.39, 0.29) is 11.5 Å². The Kier molecular flexibility index (Phi) is 5.23. The highest BCUT2D eigenvalue weighted by atomic mass is 79.9. The number of aryl methyl sites for hydroxylation is 1. The number of carbonyl (C=O) groups is 1. The number of nitrogens with zero attached hydrogens (tertiary/aromatic N) is 4. The van der Waals surface area contributed by atoms with Crippen LogP contribution in [0.1, 0.15) is 69.7 Å². The minimum atomic E-state index is -0.474. The lowest BCUT2D eigenvalue weighted by Crippen LogP contribution is -2.48. The van der Waals surface area contributed by atoms with Crippen LogP contribution in [0.25, 0.3) is 0 Å². The lowest BCUT2D eigenvalue weighted by Gasteiger charge is -2.40. The minimum Gasteiger partial charge on any atom is -0.444 e. The first-order chi connectivity index (χ1) is 15.2. The molecule has 1 aromatic heterocycles. The molecule has 1 fully saturated rings. The number of aromatic nitrogens is 2. The van der Waals surface area contributed by atoms with E-state index in [0.717, 1.165) is 42.5 Å². The summed E-state index contributed by atoms with van der Waals surface area (Å²) >= 11 is 3.69. The van der Waals surface area contributed by atoms with Gasteiger partial charge in [-0.3, -0.25) is 0 Å². The molecule has 1 aromatic carbocycles. The van der Waals surface area contributed by atoms with Crippen LogP contribution in [-0.2, 0) is 16.6 Å². The number of fused-ring (bicyclic) bond motifs is 3. The monoisotopic (exact) mass is 498 g/mol. The van der Waals surface area contributed by atoms with E-state index < -0.39 is 5.60 Å². The van der Waals surface area contributed by atoms with E-state index in [1.165, 1.54) is 22.5 Å². The fourth-order valence-electron chi connectivity index (χ4n) is 5.54. The second kappa shape index (κ2) is 7.72. The van der Waals surface area contributed by atoms with Gasteiger partial charge < -0.3 is 14.5 Å². The maximum absolute atomic E-state index is 12.6. The zero-order valence-corrected chi connectivity index (χ0v) is 20.9. The van der Waals surface area contributed by atoms with Crippen molar-refractivity contribution in [3.8, 4) is 0 Å². The fraction of sp³-hybridized carbons (Fsp3) is 0.560. The summed E-state index contributed by atoms with van der Waals surface area (Å²) in [5, 5.41) is 0. The number of benzene rings is 1. The average molecular weight is 499 g/mol. The van der Waals surface area contributed by atoms with Gasteiger partial charge in [-0.15, -0.1) is 0 Å². The minimum absolute atomic E-state index is 0.00268. The maximum Gasteiger partial charge on any atom is 0.410 e. The van der Waals surface area contributed by atoms with Crippen LogP contribution < -0.4 is 4.90 Å². The molecule has 0 saturated carbocycles. The molecule has 3 aliphatic rings. The van der Waals surface area contributed by atoms with Crippen molar-refractivity contribution in [2.45, 2.75) is 70.3 Å². The van der Waals surface area contributed by atoms with Gasteiger partial charge in [-0.2, -0.15) is 0 Å². The number of hydrogen-bond donors (Lipinski definition) is 0. The van der Waals surface area contributed by atoms with Crippen molar-refractivity contribution in [2.75, 3.05) is 24.5 Å². The molecular formula is C25H31BrN4O2. The Hall–Kier alpha value is -2.15. The summed E-state index contributed by atoms with van der Waals surface area (Å²) in [7, 11) is 0. The van der Waals surface area contributed by atoms with E-state index >= 15 is 0 Å². The average Bonchev–Trinajstić information content (AvgIpc) is 3.26. The van der Waals surface area contributed by atoms with E-state index in [1.807, 2.05) is 25.7 Å². The number of rotatable bonds is 1. The third-order valence-electron chi connectivity index (χ3n) is 7.16. The highest BCUT2D eigenvalue weighted by molar-refractivity contribution is 9.10. The lowest BCUT2D eigenvalue weighted by molar-refractivity contribution is 0.0171. The van der Waals surface area contributed by atoms with Crippen LogP contribution in [0.2, 0.25) is 0 Å². The summed E-state index contributed by atoms with van der Waals surface area (Å²) in [6, 6.07) is 6.59. The number of piperidine rings is 1. The molecule has 2 aliphatic heterocycles. The third kappa shape index (κ3) is 3.68. The van der Waals surface area contributed by atoms with Crippen molar-refractivity contribution in [2.24, 2.45) is 0 Å². The Bertz CT molecular complexity index is 1060. The Morgan fingerprint density at radius 3 is 2.69 bits per heavy atom. The van der Waals surface area contributed by atoms with Crippen molar-refractivity contribution in [3.05, 3.63) is 45.8 Å². The van der Waals surface area contributed by atoms with Gasteiger partial charge in [-0.05, 0) is 76.1 Å². The summed E-state index contributed by atoms with van der Waals surface area (Å²) in [5.74, 6) is 1.54. The number of halogens is 1. The zero-order chi connectivity index (χ0) is 22.7. The molecule has 32 heavy (non-hydrogen) atoms. The van der Waals surface area contributed by atoms with Gasteiger partial charge in [0.15, 0.2) is 0 Å². The Labute approximate surface area is 198 Å². The van der Waals surface area contributed by atoms with Crippen molar-refractivity contribution >= 4 is 33.5 Å². The molecule has 0 N–H and O–H groups in total. The number of likely N-dealkylation sites (tertiary alicyclic amines) is 1. The number of ether oxygens (including phenoxy) is 1. The Balaban J connectivity index is 1.47. The first-order valence-corrected chi connectivity index (χ1v) is 12.4. The molecule has 0 unspecified atom stereocenters. The van der Waals surface area contributed by atoms with Crippen LogP contribution in [0.3, 0.4) is 0 Å². The molecule has 7 heteroatoms. The highest BCUT2D eigenvalue weighted by Crippen LogP contribution is 2.52. The SMILES string of the molecule is C[C@@H]1CCc2ncnc(N3CC4(CCN(C(=O)OC(C)(C)C)CC4)c4cc(Br)ccc43)c21. The second-order valence-corrected chi connectivity index (χ2v) is 11.4. The van der Waals surface area contributed by atoms with Crippen LogP contribution in [0.5, 0.6) is 0 Å². The van der Waals surface area contributed by atoms with Gasteiger partial charge in [-0.1, -0.05) is 22.9 Å². The maximum atomic E-state index is 12.6. The predicted octanol–water partition coefficient (Wildman–Crippen LogP) is 5.71. The van der Waals surface area contributed by atoms with Crippen molar-refractivity contribution < 1.29 is 9.53 Å². The van der Waals surface area contributed by atoms with E-state index in [9.17, 15) is 4.79 Å². The fourth-order valence-corrected chi connectivity index (χ4v) is 5.90. The van der Waals surface area contributed by atoms with Gasteiger partial charge >= 0.3 is 6.09 Å². The van der Waals surface area contributed by atoms with Crippen LogP contribution in [0.4, 0.5) is 16.3 Å². The Morgan fingerprint density at radius 1 is 1.22 bits per heavy atom. The molecule has 0 radical (unpaired) electrons. The topological polar surface area (TPSA) is 58.6 Å². The molecule has 1 spiro atoms. The predicted molar refractivity (Wildman–Crippen MR) is 129 cm³/mol. The van der Waals surface area contributed by atoms with E-state index in [2.05, 4.69) is 50.9 Å². The van der Waals surface area contributed by atoms with Crippen LogP contribution in [0, 0.1) is 0 Å². The molecule has 3 heterocycles. The summed E-state index contributed by atoms with van der Waals surface area (Å²) < 4.78 is 6.71. The number of amides is 1. The van der Waals surface area contributed by atoms with Gasteiger partial charge in [0.2, 0.25) is 0 Å². The third-order valence-corrected chi connectivity index (χ3v) is 7.66. The molecule has 1 saturated heterocycles. The van der Waals surface area contributed by atoms with Crippen molar-refractivity contribution in [1.82, 2.24) is 14.9 Å². The first-order valence-electron chi connectivity index (χ1n) is 11.6. The van der Waals surface area contributed by atoms with Gasteiger partial charge in [-0.25, -0.2) is 14.8 Å². The molecule has 1 atom stereocenters. The summed E-state index contributed by atoms with van der Waals surface area (Å²) in [6.07, 6.45) is 5.51. The smallest absolute Gasteiger partial charge is 0.410 e. The van der Waals surface area contributed by atoms with Crippen molar-refractivity contribution in [1.29, 1.82) is 0 Å². The first kappa shape index (κ1) is 21.7. The molecule has 2 aromatic rings.